The molecule has 1 atom stereocenters. The van der Waals surface area contributed by atoms with Crippen molar-refractivity contribution in [2.75, 3.05) is 30.3 Å². The van der Waals surface area contributed by atoms with E-state index in [4.69, 9.17) is 4.98 Å². The lowest BCUT2D eigenvalue weighted by Crippen LogP contribution is -2.36. The number of anilines is 1. The predicted octanol–water partition coefficient (Wildman–Crippen LogP) is 3.88. The first kappa shape index (κ1) is 17.1. The fraction of sp³-hybridized carbons (Fsp3) is 0.812. The van der Waals surface area contributed by atoms with Gasteiger partial charge in [-0.05, 0) is 13.0 Å². The summed E-state index contributed by atoms with van der Waals surface area (Å²) in [6.45, 7) is 15.6. The number of thioether (sulfide) groups is 1. The third-order valence-electron chi connectivity index (χ3n) is 3.62. The molecule has 1 aromatic heterocycles. The molecule has 0 spiro atoms. The maximum absolute atomic E-state index is 5.01. The van der Waals surface area contributed by atoms with E-state index in [9.17, 15) is 0 Å². The maximum atomic E-state index is 5.01. The maximum Gasteiger partial charge on any atom is 0.185 e. The van der Waals surface area contributed by atoms with Crippen molar-refractivity contribution in [1.82, 2.24) is 10.3 Å². The lowest BCUT2D eigenvalue weighted by molar-refractivity contribution is 0.558. The standard InChI is InChI=1S/C16H29N3S2/c1-6-7-17-10-13-14(16(3,4)5)18-15(21-13)19-8-9-20-12(2)11-19/h12,17H,6-11H2,1-5H3. The summed E-state index contributed by atoms with van der Waals surface area (Å²) >= 11 is 3.96. The van der Waals surface area contributed by atoms with E-state index in [1.165, 1.54) is 27.9 Å². The highest BCUT2D eigenvalue weighted by Crippen LogP contribution is 2.35. The predicted molar refractivity (Wildman–Crippen MR) is 96.9 cm³/mol. The largest absolute Gasteiger partial charge is 0.346 e. The Balaban J connectivity index is 2.18. The van der Waals surface area contributed by atoms with Crippen LogP contribution < -0.4 is 10.2 Å². The zero-order chi connectivity index (χ0) is 15.5. The molecule has 0 bridgehead atoms. The smallest absolute Gasteiger partial charge is 0.185 e. The average molecular weight is 328 g/mol. The molecule has 21 heavy (non-hydrogen) atoms. The molecule has 1 saturated heterocycles. The minimum atomic E-state index is 0.119. The van der Waals surface area contributed by atoms with E-state index < -0.39 is 0 Å². The monoisotopic (exact) mass is 327 g/mol. The van der Waals surface area contributed by atoms with Crippen molar-refractivity contribution in [3.8, 4) is 0 Å². The van der Waals surface area contributed by atoms with Crippen LogP contribution in [0.15, 0.2) is 0 Å². The Hall–Kier alpha value is -0.260. The molecule has 0 saturated carbocycles. The summed E-state index contributed by atoms with van der Waals surface area (Å²) in [5, 5.41) is 5.47. The van der Waals surface area contributed by atoms with E-state index in [1.54, 1.807) is 0 Å². The van der Waals surface area contributed by atoms with E-state index in [-0.39, 0.29) is 5.41 Å². The summed E-state index contributed by atoms with van der Waals surface area (Å²) in [5.74, 6) is 1.22. The molecule has 0 radical (unpaired) electrons. The van der Waals surface area contributed by atoms with Crippen molar-refractivity contribution >= 4 is 28.2 Å². The van der Waals surface area contributed by atoms with Crippen molar-refractivity contribution in [2.45, 2.75) is 58.2 Å². The highest BCUT2D eigenvalue weighted by molar-refractivity contribution is 8.00. The quantitative estimate of drug-likeness (QED) is 0.831. The highest BCUT2D eigenvalue weighted by Gasteiger charge is 2.26. The second-order valence-electron chi connectivity index (χ2n) is 6.82. The van der Waals surface area contributed by atoms with Crippen LogP contribution in [0.4, 0.5) is 5.13 Å². The summed E-state index contributed by atoms with van der Waals surface area (Å²) in [6.07, 6.45) is 1.18. The first-order valence-electron chi connectivity index (χ1n) is 7.99. The van der Waals surface area contributed by atoms with E-state index in [0.29, 0.717) is 5.25 Å². The molecule has 0 aliphatic carbocycles. The Morgan fingerprint density at radius 2 is 2.14 bits per heavy atom. The molecule has 1 N–H and O–H groups in total. The summed E-state index contributed by atoms with van der Waals surface area (Å²) in [5.41, 5.74) is 1.39. The van der Waals surface area contributed by atoms with E-state index in [1.807, 2.05) is 11.3 Å². The highest BCUT2D eigenvalue weighted by atomic mass is 32.2. The van der Waals surface area contributed by atoms with Crippen molar-refractivity contribution in [2.24, 2.45) is 0 Å². The molecular formula is C16H29N3S2. The van der Waals surface area contributed by atoms with Gasteiger partial charge in [-0.3, -0.25) is 0 Å². The SMILES string of the molecule is CCCNCc1sc(N2CCSC(C)C2)nc1C(C)(C)C. The molecule has 1 aliphatic rings. The van der Waals surface area contributed by atoms with E-state index in [2.05, 4.69) is 56.6 Å². The molecule has 1 aliphatic heterocycles. The molecular weight excluding hydrogens is 298 g/mol. The zero-order valence-electron chi connectivity index (χ0n) is 14.0. The van der Waals surface area contributed by atoms with Gasteiger partial charge in [0.25, 0.3) is 0 Å². The molecule has 5 heteroatoms. The van der Waals surface area contributed by atoms with Gasteiger partial charge >= 0.3 is 0 Å². The number of aromatic nitrogens is 1. The molecule has 2 heterocycles. The van der Waals surface area contributed by atoms with Crippen molar-refractivity contribution in [3.63, 3.8) is 0 Å². The van der Waals surface area contributed by atoms with Crippen LogP contribution in [0.2, 0.25) is 0 Å². The van der Waals surface area contributed by atoms with Gasteiger partial charge in [0.05, 0.1) is 5.69 Å². The molecule has 3 nitrogen and oxygen atoms in total. The van der Waals surface area contributed by atoms with Crippen molar-refractivity contribution in [1.29, 1.82) is 0 Å². The van der Waals surface area contributed by atoms with E-state index >= 15 is 0 Å². The lowest BCUT2D eigenvalue weighted by atomic mass is 9.91. The van der Waals surface area contributed by atoms with Crippen LogP contribution in [0, 0.1) is 0 Å². The van der Waals surface area contributed by atoms with Gasteiger partial charge in [-0.15, -0.1) is 11.3 Å². The average Bonchev–Trinajstić information content (AvgIpc) is 2.83. The fourth-order valence-corrected chi connectivity index (χ4v) is 4.84. The van der Waals surface area contributed by atoms with Gasteiger partial charge in [0, 0.05) is 40.9 Å². The van der Waals surface area contributed by atoms with Crippen LogP contribution in [0.3, 0.4) is 0 Å². The van der Waals surface area contributed by atoms with Crippen molar-refractivity contribution in [3.05, 3.63) is 10.6 Å². The lowest BCUT2D eigenvalue weighted by Gasteiger charge is -2.30. The second-order valence-corrected chi connectivity index (χ2v) is 9.43. The second kappa shape index (κ2) is 7.34. The topological polar surface area (TPSA) is 28.2 Å². The summed E-state index contributed by atoms with van der Waals surface area (Å²) in [7, 11) is 0. The Morgan fingerprint density at radius 3 is 2.76 bits per heavy atom. The van der Waals surface area contributed by atoms with Crippen LogP contribution >= 0.6 is 23.1 Å². The Morgan fingerprint density at radius 1 is 1.38 bits per heavy atom. The van der Waals surface area contributed by atoms with Gasteiger partial charge < -0.3 is 10.2 Å². The number of hydrogen-bond acceptors (Lipinski definition) is 5. The van der Waals surface area contributed by atoms with Crippen LogP contribution in [-0.4, -0.2) is 35.6 Å². The molecule has 0 amide bonds. The fourth-order valence-electron chi connectivity index (χ4n) is 2.55. The van der Waals surface area contributed by atoms with Gasteiger partial charge in [-0.25, -0.2) is 4.98 Å². The molecule has 1 fully saturated rings. The van der Waals surface area contributed by atoms with Gasteiger partial charge in [-0.1, -0.05) is 34.6 Å². The summed E-state index contributed by atoms with van der Waals surface area (Å²) < 4.78 is 0. The third-order valence-corrected chi connectivity index (χ3v) is 5.87. The zero-order valence-corrected chi connectivity index (χ0v) is 15.7. The normalized spacial score (nSPS) is 20.0. The first-order valence-corrected chi connectivity index (χ1v) is 9.85. The number of hydrogen-bond donors (Lipinski definition) is 1. The number of rotatable bonds is 5. The molecule has 1 aromatic rings. The molecule has 0 aromatic carbocycles. The third kappa shape index (κ3) is 4.60. The number of thiazole rings is 1. The minimum Gasteiger partial charge on any atom is -0.346 e. The number of nitrogens with zero attached hydrogens (tertiary/aromatic N) is 2. The molecule has 120 valence electrons. The summed E-state index contributed by atoms with van der Waals surface area (Å²) in [6, 6.07) is 0. The minimum absolute atomic E-state index is 0.119. The van der Waals surface area contributed by atoms with Crippen LogP contribution in [-0.2, 0) is 12.0 Å². The van der Waals surface area contributed by atoms with Crippen LogP contribution in [0.5, 0.6) is 0 Å². The van der Waals surface area contributed by atoms with Crippen LogP contribution in [0.1, 0.15) is 51.6 Å². The van der Waals surface area contributed by atoms with Gasteiger partial charge in [0.15, 0.2) is 5.13 Å². The summed E-state index contributed by atoms with van der Waals surface area (Å²) in [4.78, 5) is 8.90. The Kier molecular flexibility index (Phi) is 5.97. The Bertz CT molecular complexity index is 451. The van der Waals surface area contributed by atoms with Crippen LogP contribution in [0.25, 0.3) is 0 Å². The Labute approximate surface area is 137 Å². The van der Waals surface area contributed by atoms with Crippen molar-refractivity contribution < 1.29 is 0 Å². The first-order chi connectivity index (χ1) is 9.91. The number of nitrogens with one attached hydrogen (secondary N) is 1. The molecule has 1 unspecified atom stereocenters. The van der Waals surface area contributed by atoms with Gasteiger partial charge in [0.2, 0.25) is 0 Å². The van der Waals surface area contributed by atoms with E-state index in [0.717, 1.165) is 26.2 Å². The van der Waals surface area contributed by atoms with Gasteiger partial charge in [-0.2, -0.15) is 11.8 Å². The molecule has 2 rings (SSSR count). The van der Waals surface area contributed by atoms with Gasteiger partial charge in [0.1, 0.15) is 0 Å².